The number of carboxylic acid groups (broad SMARTS) is 1. The van der Waals surface area contributed by atoms with Gasteiger partial charge in [0.25, 0.3) is 0 Å². The van der Waals surface area contributed by atoms with E-state index in [-0.39, 0.29) is 19.6 Å². The Morgan fingerprint density at radius 2 is 2.00 bits per heavy atom. The number of nitrogens with two attached hydrogens (primary N) is 1. The lowest BCUT2D eigenvalue weighted by atomic mass is 10.2. The van der Waals surface area contributed by atoms with Crippen LogP contribution in [0.15, 0.2) is 0 Å². The molecule has 4 N–H and O–H groups in total. The van der Waals surface area contributed by atoms with Gasteiger partial charge in [0.15, 0.2) is 6.04 Å². The molecular formula is C10H18N2O6. The molecule has 0 fully saturated rings. The van der Waals surface area contributed by atoms with Crippen molar-refractivity contribution in [3.63, 3.8) is 0 Å². The number of esters is 1. The van der Waals surface area contributed by atoms with E-state index < -0.39 is 29.9 Å². The van der Waals surface area contributed by atoms with E-state index in [0.717, 1.165) is 0 Å². The standard InChI is InChI=1S/C10H18N2O6/c1-3-18-10(16)7(11)8(13)12-6(9(14)15)4-5-17-2/h6-7H,3-5,11H2,1-2H3,(H,12,13)(H,14,15). The second kappa shape index (κ2) is 8.43. The summed E-state index contributed by atoms with van der Waals surface area (Å²) in [5.74, 6) is -3.01. The molecule has 8 nitrogen and oxygen atoms in total. The van der Waals surface area contributed by atoms with Gasteiger partial charge in [-0.05, 0) is 6.92 Å². The number of carboxylic acids is 1. The maximum Gasteiger partial charge on any atom is 0.332 e. The maximum atomic E-state index is 11.5. The highest BCUT2D eigenvalue weighted by molar-refractivity contribution is 6.02. The summed E-state index contributed by atoms with van der Waals surface area (Å²) in [6.07, 6.45) is 0.0765. The molecule has 0 radical (unpaired) electrons. The van der Waals surface area contributed by atoms with Crippen LogP contribution in [0.3, 0.4) is 0 Å². The molecule has 1 amide bonds. The fourth-order valence-electron chi connectivity index (χ4n) is 1.09. The Morgan fingerprint density at radius 1 is 1.39 bits per heavy atom. The van der Waals surface area contributed by atoms with Crippen molar-refractivity contribution in [2.24, 2.45) is 5.73 Å². The molecule has 0 heterocycles. The van der Waals surface area contributed by atoms with Crippen LogP contribution in [0.25, 0.3) is 0 Å². The smallest absolute Gasteiger partial charge is 0.332 e. The molecule has 0 spiro atoms. The minimum atomic E-state index is -1.53. The van der Waals surface area contributed by atoms with Crippen molar-refractivity contribution in [1.82, 2.24) is 5.32 Å². The maximum absolute atomic E-state index is 11.5. The summed E-state index contributed by atoms with van der Waals surface area (Å²) in [5, 5.41) is 11.0. The number of carbonyl (C=O) groups excluding carboxylic acids is 2. The number of amides is 1. The molecule has 0 bridgehead atoms. The fourth-order valence-corrected chi connectivity index (χ4v) is 1.09. The lowest BCUT2D eigenvalue weighted by Gasteiger charge is -2.16. The number of nitrogens with one attached hydrogen (secondary N) is 1. The van der Waals surface area contributed by atoms with Crippen LogP contribution in [0.2, 0.25) is 0 Å². The first-order valence-corrected chi connectivity index (χ1v) is 5.38. The van der Waals surface area contributed by atoms with E-state index in [2.05, 4.69) is 10.1 Å². The molecule has 8 heteroatoms. The predicted molar refractivity (Wildman–Crippen MR) is 60.7 cm³/mol. The third kappa shape index (κ3) is 5.60. The largest absolute Gasteiger partial charge is 0.480 e. The topological polar surface area (TPSA) is 128 Å². The Kier molecular flexibility index (Phi) is 7.64. The summed E-state index contributed by atoms with van der Waals surface area (Å²) < 4.78 is 9.26. The summed E-state index contributed by atoms with van der Waals surface area (Å²) in [5.41, 5.74) is 5.31. The van der Waals surface area contributed by atoms with Crippen molar-refractivity contribution in [2.45, 2.75) is 25.4 Å². The lowest BCUT2D eigenvalue weighted by molar-refractivity contribution is -0.150. The zero-order chi connectivity index (χ0) is 14.1. The molecular weight excluding hydrogens is 244 g/mol. The van der Waals surface area contributed by atoms with Crippen molar-refractivity contribution >= 4 is 17.8 Å². The molecule has 104 valence electrons. The van der Waals surface area contributed by atoms with Crippen LogP contribution < -0.4 is 11.1 Å². The van der Waals surface area contributed by atoms with E-state index in [1.807, 2.05) is 0 Å². The number of hydrogen-bond donors (Lipinski definition) is 3. The van der Waals surface area contributed by atoms with Gasteiger partial charge in [0.05, 0.1) is 6.61 Å². The highest BCUT2D eigenvalue weighted by Crippen LogP contribution is 1.95. The Morgan fingerprint density at radius 3 is 2.44 bits per heavy atom. The molecule has 0 saturated carbocycles. The van der Waals surface area contributed by atoms with Gasteiger partial charge < -0.3 is 25.6 Å². The van der Waals surface area contributed by atoms with E-state index in [1.54, 1.807) is 6.92 Å². The Hall–Kier alpha value is -1.67. The first-order valence-electron chi connectivity index (χ1n) is 5.38. The van der Waals surface area contributed by atoms with Gasteiger partial charge in [-0.1, -0.05) is 0 Å². The average molecular weight is 262 g/mol. The van der Waals surface area contributed by atoms with Crippen molar-refractivity contribution in [1.29, 1.82) is 0 Å². The van der Waals surface area contributed by atoms with Crippen LogP contribution in [0, 0.1) is 0 Å². The van der Waals surface area contributed by atoms with Gasteiger partial charge in [-0.2, -0.15) is 0 Å². The summed E-state index contributed by atoms with van der Waals surface area (Å²) in [6, 6.07) is -2.69. The molecule has 0 saturated heterocycles. The highest BCUT2D eigenvalue weighted by Gasteiger charge is 2.27. The number of ether oxygens (including phenoxy) is 2. The number of aliphatic carboxylic acids is 1. The Balaban J connectivity index is 4.40. The summed E-state index contributed by atoms with van der Waals surface area (Å²) in [4.78, 5) is 33.5. The average Bonchev–Trinajstić information content (AvgIpc) is 2.33. The minimum absolute atomic E-state index is 0.0765. The number of carbonyl (C=O) groups is 3. The van der Waals surface area contributed by atoms with Crippen LogP contribution in [0.5, 0.6) is 0 Å². The first kappa shape index (κ1) is 16.3. The van der Waals surface area contributed by atoms with Gasteiger partial charge in [0, 0.05) is 20.1 Å². The molecule has 0 aliphatic carbocycles. The van der Waals surface area contributed by atoms with Crippen molar-refractivity contribution in [2.75, 3.05) is 20.3 Å². The second-order valence-corrected chi connectivity index (χ2v) is 3.41. The Bertz CT molecular complexity index is 307. The minimum Gasteiger partial charge on any atom is -0.480 e. The van der Waals surface area contributed by atoms with Gasteiger partial charge in [-0.15, -0.1) is 0 Å². The van der Waals surface area contributed by atoms with Crippen molar-refractivity contribution in [3.05, 3.63) is 0 Å². The Labute approximate surface area is 104 Å². The van der Waals surface area contributed by atoms with E-state index >= 15 is 0 Å². The summed E-state index contributed by atoms with van der Waals surface area (Å²) >= 11 is 0. The molecule has 0 aliphatic rings. The second-order valence-electron chi connectivity index (χ2n) is 3.41. The third-order valence-corrected chi connectivity index (χ3v) is 2.05. The van der Waals surface area contributed by atoms with Gasteiger partial charge in [0.1, 0.15) is 6.04 Å². The van der Waals surface area contributed by atoms with E-state index in [1.165, 1.54) is 7.11 Å². The lowest BCUT2D eigenvalue weighted by Crippen LogP contribution is -2.52. The predicted octanol–water partition coefficient (Wildman–Crippen LogP) is -1.52. The van der Waals surface area contributed by atoms with Crippen LogP contribution in [-0.4, -0.2) is 55.4 Å². The SMILES string of the molecule is CCOC(=O)C(N)C(=O)NC(CCOC)C(=O)O. The van der Waals surface area contributed by atoms with Crippen LogP contribution >= 0.6 is 0 Å². The quantitative estimate of drug-likeness (QED) is 0.358. The fraction of sp³-hybridized carbons (Fsp3) is 0.700. The zero-order valence-corrected chi connectivity index (χ0v) is 10.3. The van der Waals surface area contributed by atoms with Crippen LogP contribution in [0.4, 0.5) is 0 Å². The number of methoxy groups -OCH3 is 1. The highest BCUT2D eigenvalue weighted by atomic mass is 16.5. The molecule has 2 unspecified atom stereocenters. The molecule has 0 aromatic carbocycles. The number of rotatable bonds is 8. The van der Waals surface area contributed by atoms with E-state index in [4.69, 9.17) is 15.6 Å². The van der Waals surface area contributed by atoms with Gasteiger partial charge >= 0.3 is 11.9 Å². The zero-order valence-electron chi connectivity index (χ0n) is 10.3. The summed E-state index contributed by atoms with van der Waals surface area (Å²) in [7, 11) is 1.41. The molecule has 0 aromatic rings. The van der Waals surface area contributed by atoms with Gasteiger partial charge in [-0.25, -0.2) is 9.59 Å². The monoisotopic (exact) mass is 262 g/mol. The van der Waals surface area contributed by atoms with Gasteiger partial charge in [0.2, 0.25) is 5.91 Å². The van der Waals surface area contributed by atoms with Crippen molar-refractivity contribution in [3.8, 4) is 0 Å². The van der Waals surface area contributed by atoms with Crippen molar-refractivity contribution < 1.29 is 29.0 Å². The molecule has 0 rings (SSSR count). The van der Waals surface area contributed by atoms with Crippen LogP contribution in [-0.2, 0) is 23.9 Å². The first-order chi connectivity index (χ1) is 8.43. The third-order valence-electron chi connectivity index (χ3n) is 2.05. The molecule has 18 heavy (non-hydrogen) atoms. The number of hydrogen-bond acceptors (Lipinski definition) is 6. The molecule has 0 aromatic heterocycles. The van der Waals surface area contributed by atoms with Crippen LogP contribution in [0.1, 0.15) is 13.3 Å². The molecule has 0 aliphatic heterocycles. The normalized spacial score (nSPS) is 13.5. The van der Waals surface area contributed by atoms with E-state index in [0.29, 0.717) is 0 Å². The summed E-state index contributed by atoms with van der Waals surface area (Å²) in [6.45, 7) is 1.82. The molecule has 2 atom stereocenters. The van der Waals surface area contributed by atoms with Gasteiger partial charge in [-0.3, -0.25) is 4.79 Å². The van der Waals surface area contributed by atoms with E-state index in [9.17, 15) is 14.4 Å².